The summed E-state index contributed by atoms with van der Waals surface area (Å²) >= 11 is 0. The fourth-order valence-corrected chi connectivity index (χ4v) is 1.84. The number of nitrogens with zero attached hydrogens (tertiary/aromatic N) is 2. The number of rotatable bonds is 2. The van der Waals surface area contributed by atoms with Gasteiger partial charge in [-0.2, -0.15) is 5.10 Å². The van der Waals surface area contributed by atoms with E-state index in [1.165, 1.54) is 19.2 Å². The Morgan fingerprint density at radius 1 is 1.42 bits per heavy atom. The van der Waals surface area contributed by atoms with Gasteiger partial charge in [-0.25, -0.2) is 13.9 Å². The summed E-state index contributed by atoms with van der Waals surface area (Å²) in [6, 6.07) is 6.09. The zero-order valence-corrected chi connectivity index (χ0v) is 10.9. The molecule has 1 N–H and O–H groups in total. The molecule has 0 aliphatic rings. The molecule has 0 atom stereocenters. The molecule has 0 fully saturated rings. The number of aromatic nitrogens is 2. The SMILES string of the molecule is COC(=O)Nc1c(C)nn(-c2cccc(F)c2)c1C. The van der Waals surface area contributed by atoms with Crippen LogP contribution in [0.25, 0.3) is 5.69 Å². The number of carbonyl (C=O) groups is 1. The summed E-state index contributed by atoms with van der Waals surface area (Å²) in [5.41, 5.74) is 2.50. The Bertz CT molecular complexity index is 622. The lowest BCUT2D eigenvalue weighted by atomic mass is 10.3. The fraction of sp³-hybridized carbons (Fsp3) is 0.231. The second-order valence-electron chi connectivity index (χ2n) is 4.05. The molecular formula is C13H14FN3O2. The zero-order chi connectivity index (χ0) is 14.0. The van der Waals surface area contributed by atoms with Crippen LogP contribution in [0.1, 0.15) is 11.4 Å². The predicted molar refractivity (Wildman–Crippen MR) is 69.0 cm³/mol. The van der Waals surface area contributed by atoms with Crippen LogP contribution in [-0.2, 0) is 4.74 Å². The van der Waals surface area contributed by atoms with Crippen molar-refractivity contribution in [3.8, 4) is 5.69 Å². The van der Waals surface area contributed by atoms with Gasteiger partial charge in [0.15, 0.2) is 0 Å². The largest absolute Gasteiger partial charge is 0.453 e. The molecule has 2 rings (SSSR count). The van der Waals surface area contributed by atoms with Gasteiger partial charge in [-0.3, -0.25) is 5.32 Å². The number of methoxy groups -OCH3 is 1. The van der Waals surface area contributed by atoms with Crippen LogP contribution in [0.2, 0.25) is 0 Å². The second-order valence-corrected chi connectivity index (χ2v) is 4.05. The molecule has 1 aromatic carbocycles. The topological polar surface area (TPSA) is 56.1 Å². The van der Waals surface area contributed by atoms with Crippen molar-refractivity contribution in [2.75, 3.05) is 12.4 Å². The van der Waals surface area contributed by atoms with Gasteiger partial charge in [-0.05, 0) is 32.0 Å². The quantitative estimate of drug-likeness (QED) is 0.906. The molecule has 0 saturated heterocycles. The minimum atomic E-state index is -0.565. The average Bonchev–Trinajstić information content (AvgIpc) is 2.66. The van der Waals surface area contributed by atoms with E-state index in [2.05, 4.69) is 15.2 Å². The van der Waals surface area contributed by atoms with E-state index in [1.54, 1.807) is 30.7 Å². The molecule has 0 aliphatic heterocycles. The summed E-state index contributed by atoms with van der Waals surface area (Å²) < 4.78 is 19.3. The van der Waals surface area contributed by atoms with Crippen molar-refractivity contribution in [1.29, 1.82) is 0 Å². The Morgan fingerprint density at radius 3 is 2.79 bits per heavy atom. The minimum Gasteiger partial charge on any atom is -0.453 e. The standard InChI is InChI=1S/C13H14FN3O2/c1-8-12(15-13(18)19-3)9(2)17(16-8)11-6-4-5-10(14)7-11/h4-7H,1-3H3,(H,15,18). The first kappa shape index (κ1) is 13.1. The molecule has 0 aliphatic carbocycles. The number of halogens is 1. The van der Waals surface area contributed by atoms with Crippen molar-refractivity contribution < 1.29 is 13.9 Å². The molecule has 0 unspecified atom stereocenters. The van der Waals surface area contributed by atoms with Gasteiger partial charge in [0.05, 0.1) is 29.9 Å². The zero-order valence-electron chi connectivity index (χ0n) is 10.9. The van der Waals surface area contributed by atoms with E-state index in [-0.39, 0.29) is 5.82 Å². The summed E-state index contributed by atoms with van der Waals surface area (Å²) in [6.45, 7) is 3.55. The van der Waals surface area contributed by atoms with Crippen molar-refractivity contribution in [3.63, 3.8) is 0 Å². The smallest absolute Gasteiger partial charge is 0.411 e. The summed E-state index contributed by atoms with van der Waals surface area (Å²) in [7, 11) is 1.29. The third-order valence-electron chi connectivity index (χ3n) is 2.76. The molecule has 1 amide bonds. The lowest BCUT2D eigenvalue weighted by molar-refractivity contribution is 0.187. The van der Waals surface area contributed by atoms with Gasteiger partial charge in [0, 0.05) is 0 Å². The van der Waals surface area contributed by atoms with E-state index in [9.17, 15) is 9.18 Å². The highest BCUT2D eigenvalue weighted by Gasteiger charge is 2.15. The fourth-order valence-electron chi connectivity index (χ4n) is 1.84. The molecule has 6 heteroatoms. The van der Waals surface area contributed by atoms with Gasteiger partial charge in [-0.1, -0.05) is 6.07 Å². The predicted octanol–water partition coefficient (Wildman–Crippen LogP) is 2.81. The van der Waals surface area contributed by atoms with Gasteiger partial charge in [-0.15, -0.1) is 0 Å². The maximum Gasteiger partial charge on any atom is 0.411 e. The highest BCUT2D eigenvalue weighted by molar-refractivity contribution is 5.86. The first-order valence-corrected chi connectivity index (χ1v) is 5.70. The molecule has 0 radical (unpaired) electrons. The second kappa shape index (κ2) is 5.09. The van der Waals surface area contributed by atoms with E-state index in [0.29, 0.717) is 22.8 Å². The number of amides is 1. The van der Waals surface area contributed by atoms with Crippen molar-refractivity contribution in [3.05, 3.63) is 41.5 Å². The van der Waals surface area contributed by atoms with Gasteiger partial charge in [0.25, 0.3) is 0 Å². The van der Waals surface area contributed by atoms with Crippen LogP contribution >= 0.6 is 0 Å². The van der Waals surface area contributed by atoms with E-state index >= 15 is 0 Å². The molecule has 0 saturated carbocycles. The Balaban J connectivity index is 2.44. The van der Waals surface area contributed by atoms with Crippen LogP contribution in [-0.4, -0.2) is 23.0 Å². The molecule has 0 spiro atoms. The normalized spacial score (nSPS) is 10.3. The third-order valence-corrected chi connectivity index (χ3v) is 2.76. The summed E-state index contributed by atoms with van der Waals surface area (Å²) in [5.74, 6) is -0.340. The van der Waals surface area contributed by atoms with Gasteiger partial charge in [0.2, 0.25) is 0 Å². The highest BCUT2D eigenvalue weighted by atomic mass is 19.1. The average molecular weight is 263 g/mol. The first-order chi connectivity index (χ1) is 9.02. The van der Waals surface area contributed by atoms with Crippen LogP contribution in [0.3, 0.4) is 0 Å². The van der Waals surface area contributed by atoms with Gasteiger partial charge >= 0.3 is 6.09 Å². The number of nitrogens with one attached hydrogen (secondary N) is 1. The lowest BCUT2D eigenvalue weighted by Gasteiger charge is -2.06. The Hall–Kier alpha value is -2.37. The van der Waals surface area contributed by atoms with E-state index in [1.807, 2.05) is 0 Å². The maximum atomic E-state index is 13.2. The molecule has 2 aromatic rings. The number of ether oxygens (including phenoxy) is 1. The van der Waals surface area contributed by atoms with Crippen molar-refractivity contribution >= 4 is 11.8 Å². The van der Waals surface area contributed by atoms with Crippen LogP contribution in [0.15, 0.2) is 24.3 Å². The molecule has 0 bridgehead atoms. The first-order valence-electron chi connectivity index (χ1n) is 5.70. The summed E-state index contributed by atoms with van der Waals surface area (Å²) in [4.78, 5) is 11.3. The summed E-state index contributed by atoms with van der Waals surface area (Å²) in [6.07, 6.45) is -0.565. The number of hydrogen-bond donors (Lipinski definition) is 1. The van der Waals surface area contributed by atoms with Crippen LogP contribution < -0.4 is 5.32 Å². The van der Waals surface area contributed by atoms with Crippen LogP contribution in [0.4, 0.5) is 14.9 Å². The third kappa shape index (κ3) is 2.57. The summed E-state index contributed by atoms with van der Waals surface area (Å²) in [5, 5.41) is 6.88. The number of aryl methyl sites for hydroxylation is 1. The molecule has 1 aromatic heterocycles. The minimum absolute atomic E-state index is 0.340. The van der Waals surface area contributed by atoms with Crippen molar-refractivity contribution in [1.82, 2.24) is 9.78 Å². The Labute approximate surface area is 110 Å². The van der Waals surface area contributed by atoms with Gasteiger partial charge in [0.1, 0.15) is 5.82 Å². The lowest BCUT2D eigenvalue weighted by Crippen LogP contribution is -2.12. The van der Waals surface area contributed by atoms with Crippen LogP contribution in [0.5, 0.6) is 0 Å². The van der Waals surface area contributed by atoms with Gasteiger partial charge < -0.3 is 4.74 Å². The molecule has 19 heavy (non-hydrogen) atoms. The van der Waals surface area contributed by atoms with E-state index < -0.39 is 6.09 Å². The number of hydrogen-bond acceptors (Lipinski definition) is 3. The molecular weight excluding hydrogens is 249 g/mol. The number of carbonyl (C=O) groups excluding carboxylic acids is 1. The highest BCUT2D eigenvalue weighted by Crippen LogP contribution is 2.23. The van der Waals surface area contributed by atoms with E-state index in [0.717, 1.165) is 0 Å². The molecule has 5 nitrogen and oxygen atoms in total. The maximum absolute atomic E-state index is 13.2. The Kier molecular flexibility index (Phi) is 3.50. The monoisotopic (exact) mass is 263 g/mol. The van der Waals surface area contributed by atoms with Crippen molar-refractivity contribution in [2.24, 2.45) is 0 Å². The van der Waals surface area contributed by atoms with E-state index in [4.69, 9.17) is 0 Å². The number of anilines is 1. The van der Waals surface area contributed by atoms with Crippen LogP contribution in [0, 0.1) is 19.7 Å². The van der Waals surface area contributed by atoms with Crippen molar-refractivity contribution in [2.45, 2.75) is 13.8 Å². The Morgan fingerprint density at radius 2 is 2.16 bits per heavy atom. The molecule has 1 heterocycles. The molecule has 100 valence electrons. The number of benzene rings is 1.